The van der Waals surface area contributed by atoms with Crippen LogP contribution in [0.2, 0.25) is 0 Å². The van der Waals surface area contributed by atoms with E-state index in [1.165, 1.54) is 19.6 Å². The average Bonchev–Trinajstić information content (AvgIpc) is 2.65. The summed E-state index contributed by atoms with van der Waals surface area (Å²) in [5.41, 5.74) is 0.713. The predicted molar refractivity (Wildman–Crippen MR) is 44.8 cm³/mol. The number of aldehydes is 1. The van der Waals surface area contributed by atoms with E-state index in [0.29, 0.717) is 11.8 Å². The average molecular weight is 180 g/mol. The van der Waals surface area contributed by atoms with Crippen LogP contribution in [0.15, 0.2) is 29.1 Å². The van der Waals surface area contributed by atoms with Crippen molar-refractivity contribution in [1.29, 1.82) is 0 Å². The van der Waals surface area contributed by atoms with Crippen molar-refractivity contribution in [3.05, 3.63) is 30.2 Å². The van der Waals surface area contributed by atoms with Gasteiger partial charge in [-0.2, -0.15) is 0 Å². The van der Waals surface area contributed by atoms with Crippen molar-refractivity contribution in [2.24, 2.45) is 0 Å². The number of hydrogen-bond donors (Lipinski definition) is 0. The lowest BCUT2D eigenvalue weighted by Crippen LogP contribution is -2.03. The van der Waals surface area contributed by atoms with Gasteiger partial charge in [0.2, 0.25) is 0 Å². The molecule has 0 atom stereocenters. The SMILES string of the molecule is COC(=O)C(=CC=O)c1ccoc1. The molecule has 1 aromatic heterocycles. The van der Waals surface area contributed by atoms with Gasteiger partial charge in [0.1, 0.15) is 6.29 Å². The van der Waals surface area contributed by atoms with Gasteiger partial charge in [-0.1, -0.05) is 0 Å². The molecule has 0 fully saturated rings. The molecule has 0 aliphatic rings. The number of furan rings is 1. The van der Waals surface area contributed by atoms with E-state index in [9.17, 15) is 9.59 Å². The van der Waals surface area contributed by atoms with Gasteiger partial charge in [-0.25, -0.2) is 4.79 Å². The molecule has 4 heteroatoms. The summed E-state index contributed by atoms with van der Waals surface area (Å²) in [5, 5.41) is 0. The Morgan fingerprint density at radius 3 is 2.85 bits per heavy atom. The third kappa shape index (κ3) is 2.05. The highest BCUT2D eigenvalue weighted by molar-refractivity contribution is 6.19. The van der Waals surface area contributed by atoms with Crippen LogP contribution in [0.25, 0.3) is 5.57 Å². The fraction of sp³-hybridized carbons (Fsp3) is 0.111. The lowest BCUT2D eigenvalue weighted by atomic mass is 10.1. The first-order chi connectivity index (χ1) is 6.29. The van der Waals surface area contributed by atoms with Gasteiger partial charge >= 0.3 is 5.97 Å². The molecule has 1 rings (SSSR count). The van der Waals surface area contributed by atoms with E-state index < -0.39 is 5.97 Å². The van der Waals surface area contributed by atoms with Gasteiger partial charge in [0.25, 0.3) is 0 Å². The molecule has 68 valence electrons. The van der Waals surface area contributed by atoms with Gasteiger partial charge in [-0.05, 0) is 12.1 Å². The molecule has 0 aliphatic heterocycles. The normalized spacial score (nSPS) is 11.0. The second-order valence-electron chi connectivity index (χ2n) is 2.22. The molecule has 0 aromatic carbocycles. The van der Waals surface area contributed by atoms with Crippen molar-refractivity contribution < 1.29 is 18.7 Å². The molecule has 4 nitrogen and oxygen atoms in total. The molecule has 0 saturated carbocycles. The topological polar surface area (TPSA) is 56.5 Å². The quantitative estimate of drug-likeness (QED) is 0.396. The Balaban J connectivity index is 3.01. The molecule has 0 bridgehead atoms. The van der Waals surface area contributed by atoms with Crippen molar-refractivity contribution in [3.8, 4) is 0 Å². The minimum atomic E-state index is -0.562. The summed E-state index contributed by atoms with van der Waals surface area (Å²) in [6.07, 6.45) is 4.44. The monoisotopic (exact) mass is 180 g/mol. The number of methoxy groups -OCH3 is 1. The number of ether oxygens (including phenoxy) is 1. The molecule has 1 aromatic rings. The zero-order valence-corrected chi connectivity index (χ0v) is 7.02. The summed E-state index contributed by atoms with van der Waals surface area (Å²) in [7, 11) is 1.25. The van der Waals surface area contributed by atoms with E-state index in [0.717, 1.165) is 6.08 Å². The fourth-order valence-electron chi connectivity index (χ4n) is 0.878. The van der Waals surface area contributed by atoms with E-state index >= 15 is 0 Å². The van der Waals surface area contributed by atoms with Crippen LogP contribution in [-0.4, -0.2) is 19.4 Å². The van der Waals surface area contributed by atoms with Crippen LogP contribution < -0.4 is 0 Å². The van der Waals surface area contributed by atoms with Crippen molar-refractivity contribution in [2.45, 2.75) is 0 Å². The third-order valence-corrected chi connectivity index (χ3v) is 1.47. The van der Waals surface area contributed by atoms with Crippen molar-refractivity contribution in [3.63, 3.8) is 0 Å². The fourth-order valence-corrected chi connectivity index (χ4v) is 0.878. The summed E-state index contributed by atoms with van der Waals surface area (Å²) in [6.45, 7) is 0. The summed E-state index contributed by atoms with van der Waals surface area (Å²) in [6, 6.07) is 1.58. The Bertz CT molecular complexity index is 321. The molecule has 0 unspecified atom stereocenters. The highest BCUT2D eigenvalue weighted by atomic mass is 16.5. The number of rotatable bonds is 3. The Labute approximate surface area is 74.8 Å². The molecule has 0 radical (unpaired) electrons. The highest BCUT2D eigenvalue weighted by Crippen LogP contribution is 2.15. The largest absolute Gasteiger partial charge is 0.472 e. The van der Waals surface area contributed by atoms with Gasteiger partial charge in [0.05, 0.1) is 25.2 Å². The minimum Gasteiger partial charge on any atom is -0.472 e. The molecule has 13 heavy (non-hydrogen) atoms. The van der Waals surface area contributed by atoms with Gasteiger partial charge in [-0.15, -0.1) is 0 Å². The maximum absolute atomic E-state index is 11.1. The van der Waals surface area contributed by atoms with Crippen molar-refractivity contribution in [2.75, 3.05) is 7.11 Å². The summed E-state index contributed by atoms with van der Waals surface area (Å²) in [5.74, 6) is -0.562. The van der Waals surface area contributed by atoms with E-state index in [4.69, 9.17) is 4.42 Å². The van der Waals surface area contributed by atoms with Gasteiger partial charge in [0, 0.05) is 5.56 Å². The number of carbonyl (C=O) groups excluding carboxylic acids is 2. The summed E-state index contributed by atoms with van der Waals surface area (Å²) in [4.78, 5) is 21.3. The molecule has 0 spiro atoms. The smallest absolute Gasteiger partial charge is 0.338 e. The molecule has 0 amide bonds. The van der Waals surface area contributed by atoms with Crippen LogP contribution in [0, 0.1) is 0 Å². The summed E-state index contributed by atoms with van der Waals surface area (Å²) < 4.78 is 9.25. The number of allylic oxidation sites excluding steroid dienone is 1. The number of hydrogen-bond acceptors (Lipinski definition) is 4. The first kappa shape index (κ1) is 9.25. The zero-order valence-electron chi connectivity index (χ0n) is 7.02. The van der Waals surface area contributed by atoms with Crippen LogP contribution >= 0.6 is 0 Å². The van der Waals surface area contributed by atoms with Gasteiger partial charge in [-0.3, -0.25) is 4.79 Å². The predicted octanol–water partition coefficient (Wildman–Crippen LogP) is 1.03. The molecule has 0 aliphatic carbocycles. The Kier molecular flexibility index (Phi) is 3.03. The number of esters is 1. The summed E-state index contributed by atoms with van der Waals surface area (Å²) >= 11 is 0. The highest BCUT2D eigenvalue weighted by Gasteiger charge is 2.12. The molecular weight excluding hydrogens is 172 g/mol. The van der Waals surface area contributed by atoms with E-state index in [-0.39, 0.29) is 5.57 Å². The Morgan fingerprint density at radius 2 is 2.38 bits per heavy atom. The van der Waals surface area contributed by atoms with Crippen LogP contribution in [0.3, 0.4) is 0 Å². The minimum absolute atomic E-state index is 0.186. The first-order valence-electron chi connectivity index (χ1n) is 3.56. The molecule has 0 saturated heterocycles. The lowest BCUT2D eigenvalue weighted by molar-refractivity contribution is -0.133. The van der Waals surface area contributed by atoms with E-state index in [2.05, 4.69) is 4.74 Å². The van der Waals surface area contributed by atoms with Crippen LogP contribution in [0.5, 0.6) is 0 Å². The van der Waals surface area contributed by atoms with Crippen molar-refractivity contribution >= 4 is 17.8 Å². The second kappa shape index (κ2) is 4.25. The molecular formula is C9H8O4. The Hall–Kier alpha value is -1.84. The Morgan fingerprint density at radius 1 is 1.62 bits per heavy atom. The number of carbonyl (C=O) groups is 2. The standard InChI is InChI=1S/C9H8O4/c1-12-9(11)8(2-4-10)7-3-5-13-6-7/h2-6H,1H3. The van der Waals surface area contributed by atoms with Crippen LogP contribution in [0.4, 0.5) is 0 Å². The first-order valence-corrected chi connectivity index (χ1v) is 3.56. The van der Waals surface area contributed by atoms with Crippen LogP contribution in [0.1, 0.15) is 5.56 Å². The maximum atomic E-state index is 11.1. The maximum Gasteiger partial charge on any atom is 0.338 e. The second-order valence-corrected chi connectivity index (χ2v) is 2.22. The van der Waals surface area contributed by atoms with E-state index in [1.54, 1.807) is 6.07 Å². The third-order valence-electron chi connectivity index (χ3n) is 1.47. The van der Waals surface area contributed by atoms with Crippen LogP contribution in [-0.2, 0) is 14.3 Å². The van der Waals surface area contributed by atoms with Gasteiger partial charge in [0.15, 0.2) is 0 Å². The molecule has 1 heterocycles. The zero-order chi connectivity index (χ0) is 9.68. The van der Waals surface area contributed by atoms with Gasteiger partial charge < -0.3 is 9.15 Å². The van der Waals surface area contributed by atoms with Crippen molar-refractivity contribution in [1.82, 2.24) is 0 Å². The molecule has 0 N–H and O–H groups in total. The van der Waals surface area contributed by atoms with E-state index in [1.807, 2.05) is 0 Å². The lowest BCUT2D eigenvalue weighted by Gasteiger charge is -1.99.